The number of ether oxygens (including phenoxy) is 1. The Kier molecular flexibility index (Phi) is 9.41. The minimum absolute atomic E-state index is 0.177. The highest BCUT2D eigenvalue weighted by Gasteiger charge is 2.30. The first kappa shape index (κ1) is 25.3. The van der Waals surface area contributed by atoms with E-state index in [0.29, 0.717) is 22.2 Å². The zero-order valence-electron chi connectivity index (χ0n) is 17.9. The van der Waals surface area contributed by atoms with E-state index in [4.69, 9.17) is 27.9 Å². The molecule has 3 aromatic rings. The van der Waals surface area contributed by atoms with Crippen LogP contribution in [-0.4, -0.2) is 36.4 Å². The molecule has 0 spiro atoms. The minimum atomic E-state index is -0.736. The SMILES string of the molecule is CNC(=O)[C@@H](Cc1ccccc1)N(Cc1ccc(Cl)c(Cl)c1)C(=O)COc1ccc(I)cc1. The summed E-state index contributed by atoms with van der Waals surface area (Å²) < 4.78 is 6.79. The van der Waals surface area contributed by atoms with Gasteiger partial charge in [0.2, 0.25) is 5.91 Å². The van der Waals surface area contributed by atoms with Crippen LogP contribution in [0.4, 0.5) is 0 Å². The van der Waals surface area contributed by atoms with Gasteiger partial charge in [-0.05, 0) is 70.1 Å². The highest BCUT2D eigenvalue weighted by Crippen LogP contribution is 2.24. The number of nitrogens with zero attached hydrogens (tertiary/aromatic N) is 1. The molecule has 0 fully saturated rings. The van der Waals surface area contributed by atoms with Crippen LogP contribution in [0.5, 0.6) is 5.75 Å². The van der Waals surface area contributed by atoms with Crippen molar-refractivity contribution in [2.45, 2.75) is 19.0 Å². The van der Waals surface area contributed by atoms with E-state index in [1.54, 1.807) is 37.4 Å². The normalized spacial score (nSPS) is 11.5. The molecule has 0 bridgehead atoms. The highest BCUT2D eigenvalue weighted by atomic mass is 127. The van der Waals surface area contributed by atoms with Crippen molar-refractivity contribution in [3.8, 4) is 5.75 Å². The zero-order valence-corrected chi connectivity index (χ0v) is 21.6. The van der Waals surface area contributed by atoms with Crippen LogP contribution in [0.25, 0.3) is 0 Å². The monoisotopic (exact) mass is 596 g/mol. The number of likely N-dealkylation sites (N-methyl/N-ethyl adjacent to an activating group) is 1. The molecule has 2 amide bonds. The Morgan fingerprint density at radius 1 is 0.970 bits per heavy atom. The number of nitrogens with one attached hydrogen (secondary N) is 1. The second kappa shape index (κ2) is 12.3. The third-order valence-electron chi connectivity index (χ3n) is 5.03. The van der Waals surface area contributed by atoms with E-state index in [0.717, 1.165) is 14.7 Å². The third-order valence-corrected chi connectivity index (χ3v) is 6.49. The van der Waals surface area contributed by atoms with Gasteiger partial charge in [-0.25, -0.2) is 0 Å². The molecule has 5 nitrogen and oxygen atoms in total. The maximum atomic E-state index is 13.4. The first-order chi connectivity index (χ1) is 15.9. The van der Waals surface area contributed by atoms with Crippen molar-refractivity contribution in [3.63, 3.8) is 0 Å². The van der Waals surface area contributed by atoms with E-state index in [9.17, 15) is 9.59 Å². The molecule has 0 saturated heterocycles. The fourth-order valence-corrected chi connectivity index (χ4v) is 3.99. The number of carbonyl (C=O) groups excluding carboxylic acids is 2. The lowest BCUT2D eigenvalue weighted by Crippen LogP contribution is -2.51. The Morgan fingerprint density at radius 3 is 2.30 bits per heavy atom. The topological polar surface area (TPSA) is 58.6 Å². The number of benzene rings is 3. The van der Waals surface area contributed by atoms with Crippen LogP contribution in [0, 0.1) is 3.57 Å². The standard InChI is InChI=1S/C25H23Cl2IN2O3/c1-29-25(32)23(14-17-5-3-2-4-6-17)30(15-18-7-12-21(26)22(27)13-18)24(31)16-33-20-10-8-19(28)9-11-20/h2-13,23H,14-16H2,1H3,(H,29,32)/t23-/m1/s1. The smallest absolute Gasteiger partial charge is 0.261 e. The first-order valence-electron chi connectivity index (χ1n) is 10.2. The van der Waals surface area contributed by atoms with Crippen molar-refractivity contribution in [2.75, 3.05) is 13.7 Å². The number of hydrogen-bond donors (Lipinski definition) is 1. The molecule has 0 aliphatic heterocycles. The summed E-state index contributed by atoms with van der Waals surface area (Å²) in [6, 6.07) is 21.4. The predicted molar refractivity (Wildman–Crippen MR) is 140 cm³/mol. The van der Waals surface area contributed by atoms with E-state index >= 15 is 0 Å². The summed E-state index contributed by atoms with van der Waals surface area (Å²) in [4.78, 5) is 27.8. The van der Waals surface area contributed by atoms with Crippen LogP contribution in [0.15, 0.2) is 72.8 Å². The average molecular weight is 597 g/mol. The Hall–Kier alpha value is -2.29. The number of carbonyl (C=O) groups is 2. The van der Waals surface area contributed by atoms with Gasteiger partial charge in [0.1, 0.15) is 11.8 Å². The molecule has 8 heteroatoms. The second-order valence-electron chi connectivity index (χ2n) is 7.33. The molecule has 3 aromatic carbocycles. The minimum Gasteiger partial charge on any atom is -0.484 e. The highest BCUT2D eigenvalue weighted by molar-refractivity contribution is 14.1. The van der Waals surface area contributed by atoms with Gasteiger partial charge in [0, 0.05) is 23.6 Å². The second-order valence-corrected chi connectivity index (χ2v) is 9.39. The summed E-state index contributed by atoms with van der Waals surface area (Å²) in [5.41, 5.74) is 1.70. The molecule has 0 unspecified atom stereocenters. The summed E-state index contributed by atoms with van der Waals surface area (Å²) in [6.45, 7) is -0.0269. The molecule has 0 aliphatic rings. The van der Waals surface area contributed by atoms with Gasteiger partial charge in [0.05, 0.1) is 10.0 Å². The van der Waals surface area contributed by atoms with E-state index in [1.165, 1.54) is 4.90 Å². The lowest BCUT2D eigenvalue weighted by molar-refractivity contribution is -0.142. The molecule has 3 rings (SSSR count). The molecule has 172 valence electrons. The van der Waals surface area contributed by atoms with Gasteiger partial charge in [-0.1, -0.05) is 59.6 Å². The molecule has 33 heavy (non-hydrogen) atoms. The quantitative estimate of drug-likeness (QED) is 0.338. The first-order valence-corrected chi connectivity index (χ1v) is 12.1. The summed E-state index contributed by atoms with van der Waals surface area (Å²) in [5, 5.41) is 3.49. The predicted octanol–water partition coefficient (Wildman–Crippen LogP) is 5.36. The molecule has 0 aliphatic carbocycles. The molecule has 1 atom stereocenters. The van der Waals surface area contributed by atoms with Crippen molar-refractivity contribution >= 4 is 57.6 Å². The van der Waals surface area contributed by atoms with Crippen molar-refractivity contribution in [3.05, 3.63) is 97.5 Å². The summed E-state index contributed by atoms with van der Waals surface area (Å²) in [7, 11) is 1.56. The molecule has 0 heterocycles. The maximum absolute atomic E-state index is 13.4. The Labute approximate surface area is 217 Å². The van der Waals surface area contributed by atoms with E-state index < -0.39 is 6.04 Å². The third kappa shape index (κ3) is 7.35. The Bertz CT molecular complexity index is 1090. The van der Waals surface area contributed by atoms with Crippen LogP contribution < -0.4 is 10.1 Å². The van der Waals surface area contributed by atoms with Gasteiger partial charge in [-0.3, -0.25) is 9.59 Å². The van der Waals surface area contributed by atoms with Crippen molar-refractivity contribution in [1.82, 2.24) is 10.2 Å². The Morgan fingerprint density at radius 2 is 1.67 bits per heavy atom. The van der Waals surface area contributed by atoms with Crippen molar-refractivity contribution < 1.29 is 14.3 Å². The number of hydrogen-bond acceptors (Lipinski definition) is 3. The van der Waals surface area contributed by atoms with Gasteiger partial charge in [-0.2, -0.15) is 0 Å². The van der Waals surface area contributed by atoms with Crippen LogP contribution in [0.3, 0.4) is 0 Å². The van der Waals surface area contributed by atoms with Gasteiger partial charge in [0.25, 0.3) is 5.91 Å². The molecular formula is C25H23Cl2IN2O3. The van der Waals surface area contributed by atoms with Gasteiger partial charge in [-0.15, -0.1) is 0 Å². The fraction of sp³-hybridized carbons (Fsp3) is 0.200. The molecule has 0 saturated carbocycles. The van der Waals surface area contributed by atoms with E-state index in [1.807, 2.05) is 42.5 Å². The molecule has 1 N–H and O–H groups in total. The van der Waals surface area contributed by atoms with E-state index in [-0.39, 0.29) is 25.0 Å². The zero-order chi connectivity index (χ0) is 23.8. The van der Waals surface area contributed by atoms with Gasteiger partial charge < -0.3 is 15.0 Å². The largest absolute Gasteiger partial charge is 0.484 e. The molecule has 0 radical (unpaired) electrons. The number of rotatable bonds is 9. The maximum Gasteiger partial charge on any atom is 0.261 e. The lowest BCUT2D eigenvalue weighted by Gasteiger charge is -2.31. The van der Waals surface area contributed by atoms with Gasteiger partial charge >= 0.3 is 0 Å². The van der Waals surface area contributed by atoms with Crippen molar-refractivity contribution in [2.24, 2.45) is 0 Å². The fourth-order valence-electron chi connectivity index (χ4n) is 3.31. The van der Waals surface area contributed by atoms with Gasteiger partial charge in [0.15, 0.2) is 6.61 Å². The molecule has 0 aromatic heterocycles. The van der Waals surface area contributed by atoms with Crippen LogP contribution in [0.1, 0.15) is 11.1 Å². The molecular weight excluding hydrogens is 574 g/mol. The number of halogens is 3. The summed E-state index contributed by atoms with van der Waals surface area (Å²) in [6.07, 6.45) is 0.358. The lowest BCUT2D eigenvalue weighted by atomic mass is 10.0. The summed E-state index contributed by atoms with van der Waals surface area (Å²) in [5.74, 6) is 0.00323. The summed E-state index contributed by atoms with van der Waals surface area (Å²) >= 11 is 14.4. The number of amides is 2. The van der Waals surface area contributed by atoms with Crippen LogP contribution in [-0.2, 0) is 22.6 Å². The van der Waals surface area contributed by atoms with E-state index in [2.05, 4.69) is 27.9 Å². The van der Waals surface area contributed by atoms with Crippen LogP contribution >= 0.6 is 45.8 Å². The average Bonchev–Trinajstić information content (AvgIpc) is 2.83. The Balaban J connectivity index is 1.88. The van der Waals surface area contributed by atoms with Crippen molar-refractivity contribution in [1.29, 1.82) is 0 Å². The van der Waals surface area contributed by atoms with Crippen LogP contribution in [0.2, 0.25) is 10.0 Å².